The molecule has 0 saturated heterocycles. The van der Waals surface area contributed by atoms with Crippen molar-refractivity contribution in [3.8, 4) is 0 Å². The van der Waals surface area contributed by atoms with Crippen LogP contribution in [0.1, 0.15) is 6.92 Å². The smallest absolute Gasteiger partial charge is 0.224 e. The minimum atomic E-state index is 0.651. The Morgan fingerprint density at radius 2 is 2.33 bits per heavy atom. The molecule has 0 amide bonds. The summed E-state index contributed by atoms with van der Waals surface area (Å²) in [6, 6.07) is 3.86. The SMILES string of the molecule is CCNc1nccc(Nc2ccsc2)n1. The number of hydrogen-bond donors (Lipinski definition) is 2. The number of hydrogen-bond acceptors (Lipinski definition) is 5. The highest BCUT2D eigenvalue weighted by Gasteiger charge is 1.98. The lowest BCUT2D eigenvalue weighted by atomic mass is 10.5. The van der Waals surface area contributed by atoms with Crippen LogP contribution in [0.2, 0.25) is 0 Å². The van der Waals surface area contributed by atoms with E-state index in [4.69, 9.17) is 0 Å². The predicted molar refractivity (Wildman–Crippen MR) is 63.8 cm³/mol. The van der Waals surface area contributed by atoms with E-state index in [0.717, 1.165) is 18.1 Å². The molecule has 0 radical (unpaired) electrons. The van der Waals surface area contributed by atoms with Gasteiger partial charge in [-0.25, -0.2) is 4.98 Å². The summed E-state index contributed by atoms with van der Waals surface area (Å²) < 4.78 is 0. The molecule has 0 bridgehead atoms. The fourth-order valence-corrected chi connectivity index (χ4v) is 1.74. The van der Waals surface area contributed by atoms with Gasteiger partial charge in [0.1, 0.15) is 5.82 Å². The standard InChI is InChI=1S/C10H12N4S/c1-2-11-10-12-5-3-9(14-10)13-8-4-6-15-7-8/h3-7H,2H2,1H3,(H2,11,12,13,14). The number of thiophene rings is 1. The zero-order valence-corrected chi connectivity index (χ0v) is 9.21. The maximum atomic E-state index is 4.31. The molecule has 0 aliphatic heterocycles. The van der Waals surface area contributed by atoms with Gasteiger partial charge in [-0.2, -0.15) is 16.3 Å². The van der Waals surface area contributed by atoms with Crippen LogP contribution < -0.4 is 10.6 Å². The molecule has 15 heavy (non-hydrogen) atoms. The lowest BCUT2D eigenvalue weighted by Gasteiger charge is -2.05. The van der Waals surface area contributed by atoms with Crippen molar-refractivity contribution in [3.63, 3.8) is 0 Å². The molecular weight excluding hydrogens is 208 g/mol. The fourth-order valence-electron chi connectivity index (χ4n) is 1.16. The normalized spacial score (nSPS) is 9.93. The molecule has 0 aromatic carbocycles. The summed E-state index contributed by atoms with van der Waals surface area (Å²) in [5.74, 6) is 1.46. The van der Waals surface area contributed by atoms with E-state index in [9.17, 15) is 0 Å². The first-order valence-corrected chi connectivity index (χ1v) is 5.69. The van der Waals surface area contributed by atoms with E-state index >= 15 is 0 Å². The number of aromatic nitrogens is 2. The fraction of sp³-hybridized carbons (Fsp3) is 0.200. The van der Waals surface area contributed by atoms with Crippen molar-refractivity contribution in [2.75, 3.05) is 17.2 Å². The van der Waals surface area contributed by atoms with Gasteiger partial charge in [0.25, 0.3) is 0 Å². The van der Waals surface area contributed by atoms with E-state index in [0.29, 0.717) is 5.95 Å². The number of nitrogens with one attached hydrogen (secondary N) is 2. The van der Waals surface area contributed by atoms with Gasteiger partial charge in [0.05, 0.1) is 5.69 Å². The van der Waals surface area contributed by atoms with Gasteiger partial charge in [-0.05, 0) is 24.4 Å². The molecular formula is C10H12N4S. The van der Waals surface area contributed by atoms with Crippen LogP contribution in [0.25, 0.3) is 0 Å². The summed E-state index contributed by atoms with van der Waals surface area (Å²) >= 11 is 1.65. The second kappa shape index (κ2) is 4.75. The van der Waals surface area contributed by atoms with Gasteiger partial charge in [-0.3, -0.25) is 0 Å². The van der Waals surface area contributed by atoms with Gasteiger partial charge in [0.15, 0.2) is 0 Å². The second-order valence-electron chi connectivity index (χ2n) is 2.93. The topological polar surface area (TPSA) is 49.8 Å². The first-order valence-electron chi connectivity index (χ1n) is 4.74. The van der Waals surface area contributed by atoms with Crippen LogP contribution >= 0.6 is 11.3 Å². The first-order chi connectivity index (χ1) is 7.38. The molecule has 2 aromatic heterocycles. The van der Waals surface area contributed by atoms with E-state index in [2.05, 4.69) is 20.6 Å². The summed E-state index contributed by atoms with van der Waals surface area (Å²) in [7, 11) is 0. The van der Waals surface area contributed by atoms with Crippen molar-refractivity contribution >= 4 is 28.8 Å². The molecule has 0 spiro atoms. The van der Waals surface area contributed by atoms with Crippen molar-refractivity contribution in [2.24, 2.45) is 0 Å². The predicted octanol–water partition coefficient (Wildman–Crippen LogP) is 2.71. The van der Waals surface area contributed by atoms with Crippen LogP contribution in [0.3, 0.4) is 0 Å². The van der Waals surface area contributed by atoms with Crippen molar-refractivity contribution in [2.45, 2.75) is 6.92 Å². The molecule has 0 aliphatic carbocycles. The van der Waals surface area contributed by atoms with Crippen LogP contribution in [0, 0.1) is 0 Å². The van der Waals surface area contributed by atoms with Crippen LogP contribution in [0.4, 0.5) is 17.5 Å². The number of anilines is 3. The number of nitrogens with zero attached hydrogens (tertiary/aromatic N) is 2. The summed E-state index contributed by atoms with van der Waals surface area (Å²) in [4.78, 5) is 8.41. The minimum Gasteiger partial charge on any atom is -0.354 e. The lowest BCUT2D eigenvalue weighted by molar-refractivity contribution is 1.09. The van der Waals surface area contributed by atoms with Crippen molar-refractivity contribution in [1.29, 1.82) is 0 Å². The van der Waals surface area contributed by atoms with E-state index in [-0.39, 0.29) is 0 Å². The number of rotatable bonds is 4. The molecule has 2 aromatic rings. The van der Waals surface area contributed by atoms with Crippen molar-refractivity contribution in [1.82, 2.24) is 9.97 Å². The largest absolute Gasteiger partial charge is 0.354 e. The van der Waals surface area contributed by atoms with Gasteiger partial charge in [-0.15, -0.1) is 0 Å². The van der Waals surface area contributed by atoms with E-state index in [1.54, 1.807) is 17.5 Å². The molecule has 2 rings (SSSR count). The Kier molecular flexibility index (Phi) is 3.14. The molecule has 0 saturated carbocycles. The van der Waals surface area contributed by atoms with E-state index < -0.39 is 0 Å². The van der Waals surface area contributed by atoms with Gasteiger partial charge >= 0.3 is 0 Å². The highest BCUT2D eigenvalue weighted by atomic mass is 32.1. The summed E-state index contributed by atoms with van der Waals surface area (Å²) in [6.45, 7) is 2.84. The Balaban J connectivity index is 2.11. The van der Waals surface area contributed by atoms with Gasteiger partial charge < -0.3 is 10.6 Å². The summed E-state index contributed by atoms with van der Waals surface area (Å²) in [5, 5.41) is 10.3. The Morgan fingerprint density at radius 1 is 1.40 bits per heavy atom. The third-order valence-electron chi connectivity index (χ3n) is 1.78. The molecule has 2 heterocycles. The van der Waals surface area contributed by atoms with Crippen LogP contribution in [-0.2, 0) is 0 Å². The van der Waals surface area contributed by atoms with Gasteiger partial charge in [0.2, 0.25) is 5.95 Å². The second-order valence-corrected chi connectivity index (χ2v) is 3.71. The third kappa shape index (κ3) is 2.66. The molecule has 0 unspecified atom stereocenters. The van der Waals surface area contributed by atoms with Crippen LogP contribution in [0.15, 0.2) is 29.1 Å². The Bertz CT molecular complexity index is 413. The van der Waals surface area contributed by atoms with Crippen LogP contribution in [-0.4, -0.2) is 16.5 Å². The van der Waals surface area contributed by atoms with Gasteiger partial charge in [-0.1, -0.05) is 0 Å². The maximum absolute atomic E-state index is 4.31. The van der Waals surface area contributed by atoms with E-state index in [1.807, 2.05) is 29.8 Å². The Labute approximate surface area is 92.4 Å². The molecule has 4 nitrogen and oxygen atoms in total. The molecule has 2 N–H and O–H groups in total. The average molecular weight is 220 g/mol. The monoisotopic (exact) mass is 220 g/mol. The van der Waals surface area contributed by atoms with E-state index in [1.165, 1.54) is 0 Å². The summed E-state index contributed by atoms with van der Waals surface area (Å²) in [5.41, 5.74) is 1.06. The lowest BCUT2D eigenvalue weighted by Crippen LogP contribution is -2.03. The molecule has 0 fully saturated rings. The Hall–Kier alpha value is -1.62. The van der Waals surface area contributed by atoms with Crippen molar-refractivity contribution < 1.29 is 0 Å². The highest BCUT2D eigenvalue weighted by molar-refractivity contribution is 7.08. The van der Waals surface area contributed by atoms with Gasteiger partial charge in [0, 0.05) is 18.1 Å². The zero-order valence-electron chi connectivity index (χ0n) is 8.40. The average Bonchev–Trinajstić information content (AvgIpc) is 2.71. The Morgan fingerprint density at radius 3 is 3.07 bits per heavy atom. The quantitative estimate of drug-likeness (QED) is 0.831. The maximum Gasteiger partial charge on any atom is 0.224 e. The van der Waals surface area contributed by atoms with Crippen molar-refractivity contribution in [3.05, 3.63) is 29.1 Å². The van der Waals surface area contributed by atoms with Crippen LogP contribution in [0.5, 0.6) is 0 Å². The summed E-state index contributed by atoms with van der Waals surface area (Å²) in [6.07, 6.45) is 1.74. The first kappa shape index (κ1) is 9.92. The molecule has 0 aliphatic rings. The zero-order chi connectivity index (χ0) is 10.5. The molecule has 0 atom stereocenters. The molecule has 78 valence electrons. The highest BCUT2D eigenvalue weighted by Crippen LogP contribution is 2.17. The minimum absolute atomic E-state index is 0.651. The molecule has 5 heteroatoms. The third-order valence-corrected chi connectivity index (χ3v) is 2.47.